The van der Waals surface area contributed by atoms with Crippen LogP contribution in [0, 0.1) is 0 Å². The van der Waals surface area contributed by atoms with Crippen molar-refractivity contribution in [3.63, 3.8) is 0 Å². The van der Waals surface area contributed by atoms with Gasteiger partial charge in [-0.05, 0) is 31.2 Å². The zero-order valence-corrected chi connectivity index (χ0v) is 16.0. The molecular formula is C17H18ClNO4S2. The highest BCUT2D eigenvalue weighted by Crippen LogP contribution is 2.25. The number of esters is 1. The third-order valence-corrected chi connectivity index (χ3v) is 5.29. The molecule has 0 aliphatic carbocycles. The van der Waals surface area contributed by atoms with Crippen LogP contribution in [0.3, 0.4) is 0 Å². The normalized spacial score (nSPS) is 10.3. The predicted octanol–water partition coefficient (Wildman–Crippen LogP) is 4.22. The van der Waals surface area contributed by atoms with E-state index in [0.29, 0.717) is 23.8 Å². The van der Waals surface area contributed by atoms with E-state index in [-0.39, 0.29) is 12.4 Å². The SMILES string of the molecule is CCOc1ccccc1NC(=O)COC(=O)CSCc1ccc(Cl)s1. The number of carbonyl (C=O) groups is 2. The van der Waals surface area contributed by atoms with Gasteiger partial charge in [-0.3, -0.25) is 9.59 Å². The molecule has 0 unspecified atom stereocenters. The van der Waals surface area contributed by atoms with Crippen molar-refractivity contribution in [2.75, 3.05) is 24.3 Å². The minimum absolute atomic E-state index is 0.179. The minimum atomic E-state index is -0.430. The Bertz CT molecular complexity index is 720. The molecular weight excluding hydrogens is 382 g/mol. The van der Waals surface area contributed by atoms with Crippen molar-refractivity contribution in [1.82, 2.24) is 0 Å². The number of halogens is 1. The molecule has 1 amide bonds. The van der Waals surface area contributed by atoms with Gasteiger partial charge in [-0.15, -0.1) is 23.1 Å². The maximum absolute atomic E-state index is 11.9. The standard InChI is InChI=1S/C17H18ClNO4S2/c1-2-22-14-6-4-3-5-13(14)19-16(20)9-23-17(21)11-24-10-12-7-8-15(18)25-12/h3-8H,2,9-11H2,1H3,(H,19,20). The molecule has 0 saturated heterocycles. The van der Waals surface area contributed by atoms with Crippen molar-refractivity contribution in [2.24, 2.45) is 0 Å². The zero-order chi connectivity index (χ0) is 18.1. The van der Waals surface area contributed by atoms with Crippen molar-refractivity contribution in [2.45, 2.75) is 12.7 Å². The molecule has 1 heterocycles. The van der Waals surface area contributed by atoms with Gasteiger partial charge in [0.05, 0.1) is 22.4 Å². The van der Waals surface area contributed by atoms with Crippen molar-refractivity contribution >= 4 is 52.3 Å². The second-order valence-corrected chi connectivity index (χ2v) is 7.62. The molecule has 2 aromatic rings. The maximum atomic E-state index is 11.9. The molecule has 8 heteroatoms. The van der Waals surface area contributed by atoms with Gasteiger partial charge in [0.15, 0.2) is 6.61 Å². The molecule has 25 heavy (non-hydrogen) atoms. The van der Waals surface area contributed by atoms with Crippen LogP contribution in [0.1, 0.15) is 11.8 Å². The first-order valence-electron chi connectivity index (χ1n) is 7.57. The Morgan fingerprint density at radius 2 is 2.04 bits per heavy atom. The summed E-state index contributed by atoms with van der Waals surface area (Å²) in [5.41, 5.74) is 0.550. The number of hydrogen-bond donors (Lipinski definition) is 1. The second-order valence-electron chi connectivity index (χ2n) is 4.84. The third kappa shape index (κ3) is 6.97. The lowest BCUT2D eigenvalue weighted by atomic mass is 10.3. The molecule has 0 fully saturated rings. The third-order valence-electron chi connectivity index (χ3n) is 2.92. The maximum Gasteiger partial charge on any atom is 0.316 e. The Balaban J connectivity index is 1.69. The molecule has 0 aliphatic heterocycles. The van der Waals surface area contributed by atoms with Crippen LogP contribution in [-0.4, -0.2) is 30.8 Å². The van der Waals surface area contributed by atoms with Crippen molar-refractivity contribution in [1.29, 1.82) is 0 Å². The van der Waals surface area contributed by atoms with Crippen LogP contribution in [0.5, 0.6) is 5.75 Å². The van der Waals surface area contributed by atoms with E-state index >= 15 is 0 Å². The highest BCUT2D eigenvalue weighted by atomic mass is 35.5. The lowest BCUT2D eigenvalue weighted by Crippen LogP contribution is -2.22. The van der Waals surface area contributed by atoms with E-state index in [4.69, 9.17) is 21.1 Å². The number of amides is 1. The number of ether oxygens (including phenoxy) is 2. The van der Waals surface area contributed by atoms with Crippen molar-refractivity contribution < 1.29 is 19.1 Å². The van der Waals surface area contributed by atoms with Gasteiger partial charge < -0.3 is 14.8 Å². The van der Waals surface area contributed by atoms with Gasteiger partial charge in [0.2, 0.25) is 0 Å². The fourth-order valence-electron chi connectivity index (χ4n) is 1.89. The molecule has 1 N–H and O–H groups in total. The number of thioether (sulfide) groups is 1. The van der Waals surface area contributed by atoms with Gasteiger partial charge in [0.25, 0.3) is 5.91 Å². The highest BCUT2D eigenvalue weighted by Gasteiger charge is 2.11. The summed E-state index contributed by atoms with van der Waals surface area (Å²) in [6, 6.07) is 10.8. The molecule has 0 saturated carbocycles. The van der Waals surface area contributed by atoms with Crippen LogP contribution >= 0.6 is 34.7 Å². The number of nitrogens with one attached hydrogen (secondary N) is 1. The Labute approximate surface area is 159 Å². The second kappa shape index (κ2) is 10.3. The van der Waals surface area contributed by atoms with Crippen LogP contribution in [0.4, 0.5) is 5.69 Å². The van der Waals surface area contributed by atoms with Crippen molar-refractivity contribution in [3.8, 4) is 5.75 Å². The first-order chi connectivity index (χ1) is 12.1. The van der Waals surface area contributed by atoms with Gasteiger partial charge in [-0.2, -0.15) is 0 Å². The van der Waals surface area contributed by atoms with Crippen LogP contribution in [0.15, 0.2) is 36.4 Å². The van der Waals surface area contributed by atoms with E-state index in [9.17, 15) is 9.59 Å². The smallest absolute Gasteiger partial charge is 0.316 e. The molecule has 1 aromatic heterocycles. The van der Waals surface area contributed by atoms with Gasteiger partial charge in [0.1, 0.15) is 5.75 Å². The van der Waals surface area contributed by atoms with E-state index in [2.05, 4.69) is 5.32 Å². The van der Waals surface area contributed by atoms with E-state index in [1.54, 1.807) is 18.2 Å². The van der Waals surface area contributed by atoms with E-state index in [1.807, 2.05) is 25.1 Å². The lowest BCUT2D eigenvalue weighted by Gasteiger charge is -2.11. The van der Waals surface area contributed by atoms with Crippen molar-refractivity contribution in [3.05, 3.63) is 45.6 Å². The Morgan fingerprint density at radius 3 is 2.76 bits per heavy atom. The minimum Gasteiger partial charge on any atom is -0.492 e. The van der Waals surface area contributed by atoms with E-state index in [0.717, 1.165) is 9.21 Å². The number of carbonyl (C=O) groups excluding carboxylic acids is 2. The summed E-state index contributed by atoms with van der Waals surface area (Å²) in [6.45, 7) is 2.03. The van der Waals surface area contributed by atoms with Gasteiger partial charge >= 0.3 is 5.97 Å². The van der Waals surface area contributed by atoms with Gasteiger partial charge in [-0.1, -0.05) is 23.7 Å². The van der Waals surface area contributed by atoms with Crippen LogP contribution in [0.25, 0.3) is 0 Å². The molecule has 0 spiro atoms. The molecule has 5 nitrogen and oxygen atoms in total. The Kier molecular flexibility index (Phi) is 8.11. The average Bonchev–Trinajstić information content (AvgIpc) is 3.00. The molecule has 0 aliphatic rings. The number of rotatable bonds is 9. The molecule has 1 aromatic carbocycles. The zero-order valence-electron chi connectivity index (χ0n) is 13.6. The van der Waals surface area contributed by atoms with Gasteiger partial charge in [0, 0.05) is 10.6 Å². The summed E-state index contributed by atoms with van der Waals surface area (Å²) >= 11 is 8.75. The summed E-state index contributed by atoms with van der Waals surface area (Å²) in [4.78, 5) is 24.7. The van der Waals surface area contributed by atoms with Crippen LogP contribution < -0.4 is 10.1 Å². The molecule has 134 valence electrons. The summed E-state index contributed by atoms with van der Waals surface area (Å²) in [6.07, 6.45) is 0. The molecule has 0 bridgehead atoms. The number of anilines is 1. The summed E-state index contributed by atoms with van der Waals surface area (Å²) in [5.74, 6) is 0.602. The quantitative estimate of drug-likeness (QED) is 0.639. The largest absolute Gasteiger partial charge is 0.492 e. The van der Waals surface area contributed by atoms with Crippen LogP contribution in [0.2, 0.25) is 4.34 Å². The summed E-state index contributed by atoms with van der Waals surface area (Å²) < 4.78 is 11.1. The van der Waals surface area contributed by atoms with E-state index in [1.165, 1.54) is 23.1 Å². The fraction of sp³-hybridized carbons (Fsp3) is 0.294. The lowest BCUT2D eigenvalue weighted by molar-refractivity contribution is -0.144. The molecule has 0 atom stereocenters. The number of hydrogen-bond acceptors (Lipinski definition) is 6. The first kappa shape index (κ1) is 19.6. The van der Waals surface area contributed by atoms with Crippen LogP contribution in [-0.2, 0) is 20.1 Å². The predicted molar refractivity (Wildman–Crippen MR) is 103 cm³/mol. The highest BCUT2D eigenvalue weighted by molar-refractivity contribution is 7.99. The summed E-state index contributed by atoms with van der Waals surface area (Å²) in [7, 11) is 0. The topological polar surface area (TPSA) is 64.6 Å². The number of para-hydroxylation sites is 2. The molecule has 0 radical (unpaired) electrons. The van der Waals surface area contributed by atoms with Gasteiger partial charge in [-0.25, -0.2) is 0 Å². The number of benzene rings is 1. The first-order valence-corrected chi connectivity index (χ1v) is 9.92. The average molecular weight is 400 g/mol. The fourth-order valence-corrected chi connectivity index (χ4v) is 3.91. The monoisotopic (exact) mass is 399 g/mol. The Hall–Kier alpha value is -1.70. The molecule has 2 rings (SSSR count). The van der Waals surface area contributed by atoms with E-state index < -0.39 is 11.9 Å². The summed E-state index contributed by atoms with van der Waals surface area (Å²) in [5, 5.41) is 2.67. The number of thiophene rings is 1. The Morgan fingerprint density at radius 1 is 1.24 bits per heavy atom.